The average Bonchev–Trinajstić information content (AvgIpc) is 3.59. The van der Waals surface area contributed by atoms with E-state index in [9.17, 15) is 5.11 Å². The third-order valence-electron chi connectivity index (χ3n) is 5.05. The maximum absolute atomic E-state index is 10.0. The first-order valence-corrected chi connectivity index (χ1v) is 9.66. The van der Waals surface area contributed by atoms with Crippen LogP contribution in [0.4, 0.5) is 5.69 Å². The van der Waals surface area contributed by atoms with E-state index in [-0.39, 0.29) is 11.9 Å². The lowest BCUT2D eigenvalue weighted by Gasteiger charge is -2.09. The van der Waals surface area contributed by atoms with E-state index < -0.39 is 0 Å². The van der Waals surface area contributed by atoms with Gasteiger partial charge >= 0.3 is 6.01 Å². The zero-order valence-electron chi connectivity index (χ0n) is 15.7. The fourth-order valence-corrected chi connectivity index (χ4v) is 3.26. The van der Waals surface area contributed by atoms with Crippen LogP contribution >= 0.6 is 0 Å². The number of nitrogens with zero attached hydrogens (tertiary/aromatic N) is 3. The number of fused-ring (bicyclic) bond motifs is 1. The van der Waals surface area contributed by atoms with Gasteiger partial charge in [0.2, 0.25) is 5.88 Å². The predicted molar refractivity (Wildman–Crippen MR) is 111 cm³/mol. The van der Waals surface area contributed by atoms with E-state index in [1.807, 2.05) is 24.3 Å². The second-order valence-electron chi connectivity index (χ2n) is 7.22. The van der Waals surface area contributed by atoms with Gasteiger partial charge in [-0.1, -0.05) is 24.3 Å². The Morgan fingerprint density at radius 3 is 2.52 bits per heavy atom. The summed E-state index contributed by atoms with van der Waals surface area (Å²) in [5, 5.41) is 14.0. The van der Waals surface area contributed by atoms with Crippen LogP contribution in [0.25, 0.3) is 10.9 Å². The van der Waals surface area contributed by atoms with E-state index in [0.717, 1.165) is 18.2 Å². The lowest BCUT2D eigenvalue weighted by Crippen LogP contribution is -1.99. The summed E-state index contributed by atoms with van der Waals surface area (Å²) in [6, 6.07) is 18.2. The monoisotopic (exact) mass is 384 g/mol. The Kier molecular flexibility index (Phi) is 4.44. The summed E-state index contributed by atoms with van der Waals surface area (Å²) in [5.74, 6) is 1.25. The van der Waals surface area contributed by atoms with Crippen LogP contribution in [0, 0.1) is 0 Å². The highest BCUT2D eigenvalue weighted by atomic mass is 16.5. The highest BCUT2D eigenvalue weighted by Crippen LogP contribution is 2.39. The Morgan fingerprint density at radius 1 is 0.966 bits per heavy atom. The maximum Gasteiger partial charge on any atom is 0.325 e. The second-order valence-corrected chi connectivity index (χ2v) is 7.22. The number of aromatic hydroxyl groups is 1. The zero-order valence-corrected chi connectivity index (χ0v) is 15.7. The number of aromatic nitrogens is 3. The molecule has 0 unspecified atom stereocenters. The van der Waals surface area contributed by atoms with E-state index >= 15 is 0 Å². The average molecular weight is 384 g/mol. The first-order valence-electron chi connectivity index (χ1n) is 9.66. The highest BCUT2D eigenvalue weighted by molar-refractivity contribution is 5.82. The predicted octanol–water partition coefficient (Wildman–Crippen LogP) is 5.01. The van der Waals surface area contributed by atoms with Crippen molar-refractivity contribution in [2.24, 2.45) is 0 Å². The first kappa shape index (κ1) is 17.4. The molecule has 1 aliphatic rings. The minimum atomic E-state index is -0.126. The third-order valence-corrected chi connectivity index (χ3v) is 5.05. The number of ether oxygens (including phenoxy) is 1. The molecule has 0 amide bonds. The van der Waals surface area contributed by atoms with Gasteiger partial charge in [-0.3, -0.25) is 4.98 Å². The van der Waals surface area contributed by atoms with Gasteiger partial charge in [-0.25, -0.2) is 0 Å². The molecule has 1 fully saturated rings. The Labute approximate surface area is 168 Å². The van der Waals surface area contributed by atoms with Gasteiger partial charge in [0.05, 0.1) is 17.1 Å². The van der Waals surface area contributed by atoms with E-state index in [2.05, 4.69) is 44.5 Å². The third kappa shape index (κ3) is 3.96. The molecule has 4 aromatic rings. The van der Waals surface area contributed by atoms with Crippen LogP contribution in [0.1, 0.15) is 29.9 Å². The topological polar surface area (TPSA) is 80.2 Å². The van der Waals surface area contributed by atoms with Gasteiger partial charge in [0.1, 0.15) is 5.75 Å². The van der Waals surface area contributed by atoms with Gasteiger partial charge in [-0.05, 0) is 60.2 Å². The van der Waals surface area contributed by atoms with Crippen LogP contribution in [0.15, 0.2) is 67.0 Å². The summed E-state index contributed by atoms with van der Waals surface area (Å²) < 4.78 is 5.69. The minimum absolute atomic E-state index is 0.0828. The number of anilines is 1. The Bertz CT molecular complexity index is 1140. The Morgan fingerprint density at radius 2 is 1.76 bits per heavy atom. The summed E-state index contributed by atoms with van der Waals surface area (Å²) in [5.41, 5.74) is 4.23. The van der Waals surface area contributed by atoms with E-state index in [1.165, 1.54) is 24.0 Å². The van der Waals surface area contributed by atoms with Crippen LogP contribution in [0.2, 0.25) is 0 Å². The summed E-state index contributed by atoms with van der Waals surface area (Å²) >= 11 is 0. The molecule has 1 aliphatic carbocycles. The van der Waals surface area contributed by atoms with Crippen molar-refractivity contribution in [3.05, 3.63) is 78.1 Å². The Hall–Kier alpha value is -3.67. The van der Waals surface area contributed by atoms with Gasteiger partial charge in [0.25, 0.3) is 0 Å². The molecule has 2 N–H and O–H groups in total. The number of hydrogen-bond acceptors (Lipinski definition) is 6. The van der Waals surface area contributed by atoms with Gasteiger partial charge < -0.3 is 15.2 Å². The second kappa shape index (κ2) is 7.39. The first-order chi connectivity index (χ1) is 14.2. The van der Waals surface area contributed by atoms with Gasteiger partial charge in [-0.2, -0.15) is 9.97 Å². The fourth-order valence-electron chi connectivity index (χ4n) is 3.26. The number of hydrogen-bond donors (Lipinski definition) is 2. The van der Waals surface area contributed by atoms with Crippen molar-refractivity contribution < 1.29 is 9.84 Å². The summed E-state index contributed by atoms with van der Waals surface area (Å²) in [4.78, 5) is 12.3. The number of pyridine rings is 1. The van der Waals surface area contributed by atoms with Gasteiger partial charge in [0, 0.05) is 18.4 Å². The molecule has 144 valence electrons. The Balaban J connectivity index is 1.23. The molecule has 2 aromatic carbocycles. The van der Waals surface area contributed by atoms with Crippen molar-refractivity contribution in [2.75, 3.05) is 5.32 Å². The molecular weight excluding hydrogens is 364 g/mol. The molecular formula is C23H20N4O2. The SMILES string of the molecule is Oc1nc(Oc2ccc(NCc3ccc(C4CC4)cc3)cc2)nc2cnccc12. The van der Waals surface area contributed by atoms with Crippen molar-refractivity contribution in [3.8, 4) is 17.6 Å². The molecule has 0 aliphatic heterocycles. The van der Waals surface area contributed by atoms with Crippen molar-refractivity contribution in [2.45, 2.75) is 25.3 Å². The number of rotatable bonds is 6. The van der Waals surface area contributed by atoms with Crippen LogP contribution in [0.5, 0.6) is 17.6 Å². The van der Waals surface area contributed by atoms with Crippen molar-refractivity contribution >= 4 is 16.6 Å². The zero-order chi connectivity index (χ0) is 19.6. The molecule has 1 saturated carbocycles. The minimum Gasteiger partial charge on any atom is -0.493 e. The van der Waals surface area contributed by atoms with Crippen molar-refractivity contribution in [1.82, 2.24) is 15.0 Å². The van der Waals surface area contributed by atoms with Crippen molar-refractivity contribution in [1.29, 1.82) is 0 Å². The van der Waals surface area contributed by atoms with Crippen LogP contribution in [-0.4, -0.2) is 20.1 Å². The van der Waals surface area contributed by atoms with Crippen molar-refractivity contribution in [3.63, 3.8) is 0 Å². The number of benzene rings is 2. The molecule has 0 atom stereocenters. The lowest BCUT2D eigenvalue weighted by molar-refractivity contribution is 0.412. The maximum atomic E-state index is 10.0. The molecule has 6 nitrogen and oxygen atoms in total. The molecule has 0 bridgehead atoms. The number of nitrogens with one attached hydrogen (secondary N) is 1. The molecule has 0 saturated heterocycles. The van der Waals surface area contributed by atoms with Crippen LogP contribution in [0.3, 0.4) is 0 Å². The van der Waals surface area contributed by atoms with Gasteiger partial charge in [0.15, 0.2) is 0 Å². The van der Waals surface area contributed by atoms with E-state index in [1.54, 1.807) is 18.5 Å². The molecule has 0 radical (unpaired) electrons. The molecule has 2 heterocycles. The largest absolute Gasteiger partial charge is 0.493 e. The van der Waals surface area contributed by atoms with Crippen LogP contribution in [-0.2, 0) is 6.54 Å². The smallest absolute Gasteiger partial charge is 0.325 e. The molecule has 2 aromatic heterocycles. The summed E-state index contributed by atoms with van der Waals surface area (Å²) in [7, 11) is 0. The highest BCUT2D eigenvalue weighted by Gasteiger charge is 2.22. The van der Waals surface area contributed by atoms with E-state index in [4.69, 9.17) is 4.74 Å². The molecule has 29 heavy (non-hydrogen) atoms. The molecule has 5 rings (SSSR count). The normalized spacial score (nSPS) is 13.4. The lowest BCUT2D eigenvalue weighted by atomic mass is 10.1. The summed E-state index contributed by atoms with van der Waals surface area (Å²) in [6.07, 6.45) is 5.80. The van der Waals surface area contributed by atoms with E-state index in [0.29, 0.717) is 16.7 Å². The molecule has 0 spiro atoms. The van der Waals surface area contributed by atoms with Crippen LogP contribution < -0.4 is 10.1 Å². The fraction of sp³-hybridized carbons (Fsp3) is 0.174. The molecule has 6 heteroatoms. The standard InChI is InChI=1S/C23H20N4O2/c28-22-20-11-12-24-14-21(20)26-23(27-22)29-19-9-7-18(8-10-19)25-13-15-1-3-16(4-2-15)17-5-6-17/h1-4,7-12,14,17,25H,5-6,13H2,(H,26,27,28). The quantitative estimate of drug-likeness (QED) is 0.486. The summed E-state index contributed by atoms with van der Waals surface area (Å²) in [6.45, 7) is 0.764. The van der Waals surface area contributed by atoms with Gasteiger partial charge in [-0.15, -0.1) is 0 Å².